The highest BCUT2D eigenvalue weighted by atomic mass is 16.5. The summed E-state index contributed by atoms with van der Waals surface area (Å²) in [5.41, 5.74) is 0.427. The Morgan fingerprint density at radius 2 is 2.00 bits per heavy atom. The Balaban J connectivity index is 2.77. The topological polar surface area (TPSA) is 45.0 Å². The van der Waals surface area contributed by atoms with Crippen molar-refractivity contribution in [2.24, 2.45) is 0 Å². The fourth-order valence-corrected chi connectivity index (χ4v) is 1.19. The van der Waals surface area contributed by atoms with E-state index in [9.17, 15) is 0 Å². The van der Waals surface area contributed by atoms with Crippen molar-refractivity contribution in [2.45, 2.75) is 25.8 Å². The number of hydrogen-bond donors (Lipinski definition) is 1. The number of hydrogen-bond acceptors (Lipinski definition) is 3. The van der Waals surface area contributed by atoms with Crippen molar-refractivity contribution in [1.82, 2.24) is 0 Å². The van der Waals surface area contributed by atoms with Gasteiger partial charge in [0.2, 0.25) is 0 Å². The summed E-state index contributed by atoms with van der Waals surface area (Å²) in [6, 6.07) is 9.82. The van der Waals surface area contributed by atoms with Crippen LogP contribution in [0.5, 0.6) is 5.75 Å². The van der Waals surface area contributed by atoms with E-state index in [4.69, 9.17) is 10.00 Å². The summed E-state index contributed by atoms with van der Waals surface area (Å²) in [5, 5.41) is 12.2. The molecule has 0 aromatic heterocycles. The van der Waals surface area contributed by atoms with E-state index in [1.165, 1.54) is 0 Å². The van der Waals surface area contributed by atoms with E-state index in [1.54, 1.807) is 7.11 Å². The quantitative estimate of drug-likeness (QED) is 0.820. The first-order valence-corrected chi connectivity index (χ1v) is 4.97. The van der Waals surface area contributed by atoms with Gasteiger partial charge >= 0.3 is 0 Å². The summed E-state index contributed by atoms with van der Waals surface area (Å²) >= 11 is 0. The molecule has 0 heterocycles. The second kappa shape index (κ2) is 4.70. The summed E-state index contributed by atoms with van der Waals surface area (Å²) in [4.78, 5) is 0. The van der Waals surface area contributed by atoms with E-state index in [0.29, 0.717) is 0 Å². The van der Waals surface area contributed by atoms with Gasteiger partial charge in [-0.05, 0) is 37.6 Å². The molecule has 0 saturated carbocycles. The third-order valence-corrected chi connectivity index (χ3v) is 2.46. The summed E-state index contributed by atoms with van der Waals surface area (Å²) < 4.78 is 5.06. The maximum absolute atomic E-state index is 9.01. The van der Waals surface area contributed by atoms with E-state index in [0.717, 1.165) is 17.9 Å². The Hall–Kier alpha value is -1.69. The normalized spacial score (nSPS) is 13.7. The zero-order valence-corrected chi connectivity index (χ0v) is 9.37. The van der Waals surface area contributed by atoms with Crippen LogP contribution in [-0.4, -0.2) is 12.6 Å². The van der Waals surface area contributed by atoms with Gasteiger partial charge in [-0.2, -0.15) is 5.26 Å². The SMILES string of the molecule is CCC(C)(C#N)Nc1ccc(OC)cc1. The molecule has 15 heavy (non-hydrogen) atoms. The molecule has 0 aliphatic heterocycles. The van der Waals surface area contributed by atoms with Crippen LogP contribution in [-0.2, 0) is 0 Å². The number of nitrogens with one attached hydrogen (secondary N) is 1. The van der Waals surface area contributed by atoms with E-state index >= 15 is 0 Å². The van der Waals surface area contributed by atoms with Gasteiger partial charge in [-0.1, -0.05) is 6.92 Å². The molecule has 3 nitrogen and oxygen atoms in total. The van der Waals surface area contributed by atoms with Crippen molar-refractivity contribution < 1.29 is 4.74 Å². The molecule has 0 bridgehead atoms. The highest BCUT2D eigenvalue weighted by Crippen LogP contribution is 2.20. The first kappa shape index (κ1) is 11.4. The number of rotatable bonds is 4. The number of ether oxygens (including phenoxy) is 1. The molecule has 1 rings (SSSR count). The number of nitrogens with zero attached hydrogens (tertiary/aromatic N) is 1. The molecule has 0 amide bonds. The molecule has 1 aromatic rings. The molecule has 1 aromatic carbocycles. The fourth-order valence-electron chi connectivity index (χ4n) is 1.19. The van der Waals surface area contributed by atoms with Gasteiger partial charge in [0.15, 0.2) is 0 Å². The lowest BCUT2D eigenvalue weighted by atomic mass is 10.0. The van der Waals surface area contributed by atoms with Gasteiger partial charge in [0.1, 0.15) is 11.3 Å². The molecule has 1 N–H and O–H groups in total. The van der Waals surface area contributed by atoms with E-state index in [2.05, 4.69) is 11.4 Å². The average Bonchev–Trinajstić information content (AvgIpc) is 2.30. The van der Waals surface area contributed by atoms with E-state index in [-0.39, 0.29) is 0 Å². The van der Waals surface area contributed by atoms with Crippen LogP contribution in [0.4, 0.5) is 5.69 Å². The smallest absolute Gasteiger partial charge is 0.122 e. The Kier molecular flexibility index (Phi) is 3.56. The van der Waals surface area contributed by atoms with E-state index in [1.807, 2.05) is 38.1 Å². The Labute approximate surface area is 90.7 Å². The summed E-state index contributed by atoms with van der Waals surface area (Å²) in [5.74, 6) is 0.815. The molecule has 0 radical (unpaired) electrons. The van der Waals surface area contributed by atoms with Crippen molar-refractivity contribution in [3.05, 3.63) is 24.3 Å². The lowest BCUT2D eigenvalue weighted by Crippen LogP contribution is -2.31. The molecule has 0 aliphatic rings. The van der Waals surface area contributed by atoms with Crippen LogP contribution in [0.15, 0.2) is 24.3 Å². The zero-order valence-electron chi connectivity index (χ0n) is 9.37. The summed E-state index contributed by atoms with van der Waals surface area (Å²) in [6.07, 6.45) is 0.759. The molecule has 0 saturated heterocycles. The van der Waals surface area contributed by atoms with Crippen LogP contribution in [0.2, 0.25) is 0 Å². The number of anilines is 1. The average molecular weight is 204 g/mol. The van der Waals surface area contributed by atoms with Crippen molar-refractivity contribution >= 4 is 5.69 Å². The van der Waals surface area contributed by atoms with Crippen LogP contribution < -0.4 is 10.1 Å². The first-order valence-electron chi connectivity index (χ1n) is 4.97. The number of benzene rings is 1. The minimum Gasteiger partial charge on any atom is -0.497 e. The minimum absolute atomic E-state index is 0.505. The molecule has 0 aliphatic carbocycles. The fraction of sp³-hybridized carbons (Fsp3) is 0.417. The Morgan fingerprint density at radius 3 is 2.40 bits per heavy atom. The largest absolute Gasteiger partial charge is 0.497 e. The molecule has 0 spiro atoms. The van der Waals surface area contributed by atoms with Crippen molar-refractivity contribution in [3.63, 3.8) is 0 Å². The second-order valence-corrected chi connectivity index (χ2v) is 3.65. The molecule has 1 unspecified atom stereocenters. The van der Waals surface area contributed by atoms with Gasteiger partial charge in [0, 0.05) is 5.69 Å². The first-order chi connectivity index (χ1) is 7.13. The van der Waals surface area contributed by atoms with Crippen molar-refractivity contribution in [2.75, 3.05) is 12.4 Å². The van der Waals surface area contributed by atoms with Gasteiger partial charge < -0.3 is 10.1 Å². The molecular formula is C12H16N2O. The Morgan fingerprint density at radius 1 is 1.40 bits per heavy atom. The van der Waals surface area contributed by atoms with Crippen LogP contribution in [0.25, 0.3) is 0 Å². The van der Waals surface area contributed by atoms with E-state index < -0.39 is 5.54 Å². The summed E-state index contributed by atoms with van der Waals surface area (Å²) in [7, 11) is 1.63. The minimum atomic E-state index is -0.505. The molecule has 1 atom stereocenters. The van der Waals surface area contributed by atoms with Gasteiger partial charge in [-0.3, -0.25) is 0 Å². The van der Waals surface area contributed by atoms with Crippen LogP contribution in [0.1, 0.15) is 20.3 Å². The lowest BCUT2D eigenvalue weighted by molar-refractivity contribution is 0.415. The number of methoxy groups -OCH3 is 1. The maximum Gasteiger partial charge on any atom is 0.122 e. The van der Waals surface area contributed by atoms with Gasteiger partial charge in [-0.15, -0.1) is 0 Å². The number of nitriles is 1. The third kappa shape index (κ3) is 2.88. The predicted molar refractivity (Wildman–Crippen MR) is 60.9 cm³/mol. The van der Waals surface area contributed by atoms with Gasteiger partial charge in [0.25, 0.3) is 0 Å². The maximum atomic E-state index is 9.01. The molecular weight excluding hydrogens is 188 g/mol. The third-order valence-electron chi connectivity index (χ3n) is 2.46. The van der Waals surface area contributed by atoms with Gasteiger partial charge in [-0.25, -0.2) is 0 Å². The highest BCUT2D eigenvalue weighted by Gasteiger charge is 2.20. The predicted octanol–water partition coefficient (Wildman–Crippen LogP) is 2.80. The van der Waals surface area contributed by atoms with Gasteiger partial charge in [0.05, 0.1) is 13.2 Å². The van der Waals surface area contributed by atoms with Crippen molar-refractivity contribution in [1.29, 1.82) is 5.26 Å². The molecule has 0 fully saturated rings. The molecule has 3 heteroatoms. The standard InChI is InChI=1S/C12H16N2O/c1-4-12(2,9-13)14-10-5-7-11(15-3)8-6-10/h5-8,14H,4H2,1-3H3. The zero-order chi connectivity index (χ0) is 11.3. The van der Waals surface area contributed by atoms with Crippen LogP contribution in [0, 0.1) is 11.3 Å². The monoisotopic (exact) mass is 204 g/mol. The van der Waals surface area contributed by atoms with Crippen LogP contribution in [0.3, 0.4) is 0 Å². The highest BCUT2D eigenvalue weighted by molar-refractivity contribution is 5.49. The summed E-state index contributed by atoms with van der Waals surface area (Å²) in [6.45, 7) is 3.87. The lowest BCUT2D eigenvalue weighted by Gasteiger charge is -2.22. The molecule has 80 valence electrons. The second-order valence-electron chi connectivity index (χ2n) is 3.65. The van der Waals surface area contributed by atoms with Crippen molar-refractivity contribution in [3.8, 4) is 11.8 Å². The van der Waals surface area contributed by atoms with Crippen LogP contribution >= 0.6 is 0 Å². The Bertz CT molecular complexity index is 353.